The second-order valence-electron chi connectivity index (χ2n) is 5.91. The third-order valence-electron chi connectivity index (χ3n) is 4.13. The van der Waals surface area contributed by atoms with E-state index in [1.54, 1.807) is 0 Å². The van der Waals surface area contributed by atoms with Crippen LogP contribution in [-0.4, -0.2) is 15.6 Å². The predicted molar refractivity (Wildman–Crippen MR) is 85.7 cm³/mol. The Kier molecular flexibility index (Phi) is 3.83. The minimum absolute atomic E-state index is 0.613. The SMILES string of the molecule is Cc1cn(Cc2cc(C)c(C)s2)c(NC2CCCC2)n1. The fraction of sp³-hybridized carbons (Fsp3) is 0.562. The molecule has 1 aliphatic rings. The average molecular weight is 289 g/mol. The highest BCUT2D eigenvalue weighted by molar-refractivity contribution is 7.12. The van der Waals surface area contributed by atoms with E-state index < -0.39 is 0 Å². The summed E-state index contributed by atoms with van der Waals surface area (Å²) in [5.74, 6) is 1.04. The molecule has 3 nitrogen and oxygen atoms in total. The number of hydrogen-bond acceptors (Lipinski definition) is 3. The van der Waals surface area contributed by atoms with E-state index in [2.05, 4.69) is 47.9 Å². The van der Waals surface area contributed by atoms with Crippen molar-refractivity contribution in [2.45, 2.75) is 59.0 Å². The summed E-state index contributed by atoms with van der Waals surface area (Å²) >= 11 is 1.89. The van der Waals surface area contributed by atoms with Crippen molar-refractivity contribution in [3.05, 3.63) is 33.3 Å². The lowest BCUT2D eigenvalue weighted by molar-refractivity contribution is 0.719. The number of nitrogens with zero attached hydrogens (tertiary/aromatic N) is 2. The molecular formula is C16H23N3S. The second-order valence-corrected chi connectivity index (χ2v) is 7.25. The second kappa shape index (κ2) is 5.60. The molecule has 1 fully saturated rings. The summed E-state index contributed by atoms with van der Waals surface area (Å²) in [5, 5.41) is 3.63. The first-order chi connectivity index (χ1) is 9.61. The Morgan fingerprint density at radius 2 is 2.05 bits per heavy atom. The van der Waals surface area contributed by atoms with Gasteiger partial charge in [-0.2, -0.15) is 0 Å². The maximum atomic E-state index is 4.66. The number of hydrogen-bond donors (Lipinski definition) is 1. The van der Waals surface area contributed by atoms with E-state index in [1.165, 1.54) is 41.0 Å². The fourth-order valence-electron chi connectivity index (χ4n) is 2.93. The summed E-state index contributed by atoms with van der Waals surface area (Å²) in [5.41, 5.74) is 2.49. The van der Waals surface area contributed by atoms with Crippen LogP contribution in [0.2, 0.25) is 0 Å². The van der Waals surface area contributed by atoms with Gasteiger partial charge in [0.15, 0.2) is 0 Å². The van der Waals surface area contributed by atoms with Crippen molar-refractivity contribution in [2.24, 2.45) is 0 Å². The Morgan fingerprint density at radius 1 is 1.30 bits per heavy atom. The number of rotatable bonds is 4. The first-order valence-electron chi connectivity index (χ1n) is 7.48. The standard InChI is InChI=1S/C16H23N3S/c1-11-8-15(20-13(11)3)10-19-9-12(2)17-16(19)18-14-6-4-5-7-14/h8-9,14H,4-7,10H2,1-3H3,(H,17,18). The average Bonchev–Trinajstić information content (AvgIpc) is 3.06. The van der Waals surface area contributed by atoms with Gasteiger partial charge in [-0.05, 0) is 45.2 Å². The Balaban J connectivity index is 1.78. The fourth-order valence-corrected chi connectivity index (χ4v) is 3.98. The normalized spacial score (nSPS) is 15.9. The van der Waals surface area contributed by atoms with Gasteiger partial charge in [0, 0.05) is 22.0 Å². The lowest BCUT2D eigenvalue weighted by atomic mass is 10.2. The van der Waals surface area contributed by atoms with Crippen LogP contribution < -0.4 is 5.32 Å². The van der Waals surface area contributed by atoms with E-state index in [4.69, 9.17) is 0 Å². The molecule has 1 saturated carbocycles. The van der Waals surface area contributed by atoms with E-state index in [-0.39, 0.29) is 0 Å². The van der Waals surface area contributed by atoms with Gasteiger partial charge in [0.05, 0.1) is 12.2 Å². The molecule has 0 bridgehead atoms. The van der Waals surface area contributed by atoms with Gasteiger partial charge in [0.25, 0.3) is 0 Å². The van der Waals surface area contributed by atoms with Crippen molar-refractivity contribution >= 4 is 17.3 Å². The van der Waals surface area contributed by atoms with Crippen LogP contribution in [0.15, 0.2) is 12.3 Å². The highest BCUT2D eigenvalue weighted by Gasteiger charge is 2.17. The molecule has 0 radical (unpaired) electrons. The zero-order valence-electron chi connectivity index (χ0n) is 12.6. The van der Waals surface area contributed by atoms with Crippen molar-refractivity contribution in [3.8, 4) is 0 Å². The van der Waals surface area contributed by atoms with Crippen molar-refractivity contribution in [2.75, 3.05) is 5.32 Å². The van der Waals surface area contributed by atoms with Gasteiger partial charge in [0.2, 0.25) is 5.95 Å². The Bertz CT molecular complexity index is 571. The van der Waals surface area contributed by atoms with Gasteiger partial charge >= 0.3 is 0 Å². The Labute approximate surface area is 125 Å². The number of aryl methyl sites for hydroxylation is 3. The van der Waals surface area contributed by atoms with Gasteiger partial charge in [-0.1, -0.05) is 12.8 Å². The number of imidazole rings is 1. The molecule has 0 aromatic carbocycles. The van der Waals surface area contributed by atoms with Crippen molar-refractivity contribution in [1.29, 1.82) is 0 Å². The largest absolute Gasteiger partial charge is 0.353 e. The minimum atomic E-state index is 0.613. The van der Waals surface area contributed by atoms with Crippen LogP contribution >= 0.6 is 11.3 Å². The molecule has 3 rings (SSSR count). The maximum absolute atomic E-state index is 4.66. The maximum Gasteiger partial charge on any atom is 0.203 e. The molecule has 108 valence electrons. The third-order valence-corrected chi connectivity index (χ3v) is 5.27. The van der Waals surface area contributed by atoms with Crippen LogP contribution in [0.5, 0.6) is 0 Å². The Hall–Kier alpha value is -1.29. The molecule has 0 saturated heterocycles. The summed E-state index contributed by atoms with van der Waals surface area (Å²) < 4.78 is 2.26. The zero-order chi connectivity index (χ0) is 14.1. The number of aromatic nitrogens is 2. The van der Waals surface area contributed by atoms with Gasteiger partial charge in [-0.3, -0.25) is 0 Å². The van der Waals surface area contributed by atoms with Gasteiger partial charge in [-0.25, -0.2) is 4.98 Å². The summed E-state index contributed by atoms with van der Waals surface area (Å²) in [6.07, 6.45) is 7.41. The number of nitrogens with one attached hydrogen (secondary N) is 1. The topological polar surface area (TPSA) is 29.9 Å². The van der Waals surface area contributed by atoms with Gasteiger partial charge < -0.3 is 9.88 Å². The number of anilines is 1. The highest BCUT2D eigenvalue weighted by atomic mass is 32.1. The molecule has 0 amide bonds. The van der Waals surface area contributed by atoms with E-state index in [0.29, 0.717) is 6.04 Å². The van der Waals surface area contributed by atoms with E-state index in [1.807, 2.05) is 11.3 Å². The first-order valence-corrected chi connectivity index (χ1v) is 8.29. The number of thiophene rings is 1. The van der Waals surface area contributed by atoms with Crippen molar-refractivity contribution in [1.82, 2.24) is 9.55 Å². The lowest BCUT2D eigenvalue weighted by Gasteiger charge is -2.14. The van der Waals surface area contributed by atoms with Crippen LogP contribution in [0, 0.1) is 20.8 Å². The summed E-state index contributed by atoms with van der Waals surface area (Å²) in [7, 11) is 0. The molecule has 0 spiro atoms. The minimum Gasteiger partial charge on any atom is -0.353 e. The zero-order valence-corrected chi connectivity index (χ0v) is 13.4. The predicted octanol–water partition coefficient (Wildman–Crippen LogP) is 4.27. The van der Waals surface area contributed by atoms with Crippen LogP contribution in [0.25, 0.3) is 0 Å². The van der Waals surface area contributed by atoms with Crippen LogP contribution in [-0.2, 0) is 6.54 Å². The van der Waals surface area contributed by atoms with E-state index >= 15 is 0 Å². The Morgan fingerprint density at radius 3 is 2.70 bits per heavy atom. The molecule has 2 aromatic rings. The summed E-state index contributed by atoms with van der Waals surface area (Å²) in [6, 6.07) is 2.91. The van der Waals surface area contributed by atoms with Crippen molar-refractivity contribution < 1.29 is 0 Å². The molecule has 0 atom stereocenters. The quantitative estimate of drug-likeness (QED) is 0.910. The molecule has 20 heavy (non-hydrogen) atoms. The highest BCUT2D eigenvalue weighted by Crippen LogP contribution is 2.25. The summed E-state index contributed by atoms with van der Waals surface area (Å²) in [6.45, 7) is 7.38. The third kappa shape index (κ3) is 2.90. The monoisotopic (exact) mass is 289 g/mol. The molecule has 0 aliphatic heterocycles. The van der Waals surface area contributed by atoms with E-state index in [9.17, 15) is 0 Å². The van der Waals surface area contributed by atoms with Gasteiger partial charge in [-0.15, -0.1) is 11.3 Å². The molecule has 4 heteroatoms. The molecule has 2 heterocycles. The van der Waals surface area contributed by atoms with Crippen LogP contribution in [0.1, 0.15) is 46.7 Å². The lowest BCUT2D eigenvalue weighted by Crippen LogP contribution is -2.18. The molecular weight excluding hydrogens is 266 g/mol. The molecule has 0 unspecified atom stereocenters. The molecule has 1 aliphatic carbocycles. The first kappa shape index (κ1) is 13.7. The summed E-state index contributed by atoms with van der Waals surface area (Å²) in [4.78, 5) is 7.48. The van der Waals surface area contributed by atoms with Crippen LogP contribution in [0.3, 0.4) is 0 Å². The molecule has 2 aromatic heterocycles. The van der Waals surface area contributed by atoms with Crippen molar-refractivity contribution in [3.63, 3.8) is 0 Å². The smallest absolute Gasteiger partial charge is 0.203 e. The van der Waals surface area contributed by atoms with E-state index in [0.717, 1.165) is 18.2 Å². The molecule has 1 N–H and O–H groups in total. The van der Waals surface area contributed by atoms with Gasteiger partial charge in [0.1, 0.15) is 0 Å². The van der Waals surface area contributed by atoms with Crippen LogP contribution in [0.4, 0.5) is 5.95 Å².